The van der Waals surface area contributed by atoms with Crippen molar-refractivity contribution in [3.05, 3.63) is 71.8 Å². The quantitative estimate of drug-likeness (QED) is 0.772. The smallest absolute Gasteiger partial charge is 0.549 e. The summed E-state index contributed by atoms with van der Waals surface area (Å²) < 4.78 is 0. The predicted molar refractivity (Wildman–Crippen MR) is 94.7 cm³/mol. The summed E-state index contributed by atoms with van der Waals surface area (Å²) in [7, 11) is 0. The number of carboxylic acids is 2. The maximum Gasteiger partial charge on any atom is 2.00 e. The zero-order valence-electron chi connectivity index (χ0n) is 15.1. The molecule has 2 rings (SSSR count). The molecule has 4 nitrogen and oxygen atoms in total. The van der Waals surface area contributed by atoms with Crippen LogP contribution in [0.4, 0.5) is 0 Å². The Morgan fingerprint density at radius 3 is 1.08 bits per heavy atom. The number of carbonyl (C=O) groups excluding carboxylic acids is 2. The number of rotatable bonds is 4. The number of carbonyl (C=O) groups is 2. The van der Waals surface area contributed by atoms with Crippen LogP contribution in [-0.4, -0.2) is 35.0 Å². The van der Waals surface area contributed by atoms with E-state index in [-0.39, 0.29) is 23.1 Å². The van der Waals surface area contributed by atoms with Gasteiger partial charge in [-0.15, -0.1) is 0 Å². The van der Waals surface area contributed by atoms with Crippen LogP contribution < -0.4 is 10.2 Å². The van der Waals surface area contributed by atoms with E-state index in [2.05, 4.69) is 0 Å². The summed E-state index contributed by atoms with van der Waals surface area (Å²) >= 11 is 0. The SMILES string of the molecule is CC(C)(C(=O)[O-])c1ccccc1.CC(C)(C(=O)[O-])c1ccccc1.[Mg+2]. The Labute approximate surface area is 165 Å². The van der Waals surface area contributed by atoms with Gasteiger partial charge in [-0.25, -0.2) is 0 Å². The van der Waals surface area contributed by atoms with E-state index in [1.54, 1.807) is 52.0 Å². The van der Waals surface area contributed by atoms with Gasteiger partial charge in [0.15, 0.2) is 0 Å². The van der Waals surface area contributed by atoms with Crippen LogP contribution in [0.15, 0.2) is 60.7 Å². The molecule has 0 amide bonds. The zero-order chi connectivity index (χ0) is 18.4. The fraction of sp³-hybridized carbons (Fsp3) is 0.300. The summed E-state index contributed by atoms with van der Waals surface area (Å²) in [5.74, 6) is -2.09. The minimum absolute atomic E-state index is 0. The molecule has 0 unspecified atom stereocenters. The maximum absolute atomic E-state index is 10.7. The summed E-state index contributed by atoms with van der Waals surface area (Å²) in [6, 6.07) is 18.1. The summed E-state index contributed by atoms with van der Waals surface area (Å²) in [5, 5.41) is 21.4. The molecule has 2 aromatic carbocycles. The van der Waals surface area contributed by atoms with E-state index in [4.69, 9.17) is 0 Å². The zero-order valence-corrected chi connectivity index (χ0v) is 16.5. The van der Waals surface area contributed by atoms with Crippen molar-refractivity contribution in [2.45, 2.75) is 38.5 Å². The average Bonchev–Trinajstić information content (AvgIpc) is 2.56. The molecule has 0 aliphatic heterocycles. The third kappa shape index (κ3) is 6.18. The summed E-state index contributed by atoms with van der Waals surface area (Å²) in [6.07, 6.45) is 0. The molecular formula is C20H22MgO4. The number of aliphatic carboxylic acids is 2. The van der Waals surface area contributed by atoms with Gasteiger partial charge in [-0.1, -0.05) is 88.4 Å². The van der Waals surface area contributed by atoms with Gasteiger partial charge < -0.3 is 19.8 Å². The second-order valence-corrected chi connectivity index (χ2v) is 6.56. The molecule has 0 aromatic heterocycles. The first-order valence-corrected chi connectivity index (χ1v) is 7.64. The van der Waals surface area contributed by atoms with Crippen molar-refractivity contribution in [3.8, 4) is 0 Å². The fourth-order valence-corrected chi connectivity index (χ4v) is 1.95. The van der Waals surface area contributed by atoms with Crippen LogP contribution in [0, 0.1) is 0 Å². The first-order chi connectivity index (χ1) is 11.1. The van der Waals surface area contributed by atoms with Crippen LogP contribution in [-0.2, 0) is 20.4 Å². The molecule has 0 aliphatic carbocycles. The molecule has 0 atom stereocenters. The number of benzene rings is 2. The molecule has 25 heavy (non-hydrogen) atoms. The molecular weight excluding hydrogens is 329 g/mol. The minimum atomic E-state index is -1.05. The van der Waals surface area contributed by atoms with E-state index in [1.165, 1.54) is 0 Å². The number of hydrogen-bond acceptors (Lipinski definition) is 4. The van der Waals surface area contributed by atoms with Crippen LogP contribution in [0.5, 0.6) is 0 Å². The molecule has 0 saturated heterocycles. The fourth-order valence-electron chi connectivity index (χ4n) is 1.95. The topological polar surface area (TPSA) is 80.3 Å². The van der Waals surface area contributed by atoms with Crippen LogP contribution in [0.2, 0.25) is 0 Å². The van der Waals surface area contributed by atoms with Gasteiger partial charge in [0.25, 0.3) is 0 Å². The van der Waals surface area contributed by atoms with Crippen molar-refractivity contribution in [1.29, 1.82) is 0 Å². The van der Waals surface area contributed by atoms with Crippen LogP contribution in [0.3, 0.4) is 0 Å². The van der Waals surface area contributed by atoms with Gasteiger partial charge in [0, 0.05) is 10.8 Å². The molecule has 0 spiro atoms. The Morgan fingerprint density at radius 1 is 0.640 bits per heavy atom. The maximum atomic E-state index is 10.7. The molecule has 2 aromatic rings. The van der Waals surface area contributed by atoms with Crippen LogP contribution in [0.1, 0.15) is 38.8 Å². The van der Waals surface area contributed by atoms with E-state index < -0.39 is 22.8 Å². The molecule has 0 heterocycles. The average molecular weight is 351 g/mol. The minimum Gasteiger partial charge on any atom is -0.549 e. The molecule has 0 bridgehead atoms. The van der Waals surface area contributed by atoms with E-state index in [9.17, 15) is 19.8 Å². The first-order valence-electron chi connectivity index (χ1n) is 7.64. The third-order valence-corrected chi connectivity index (χ3v) is 4.01. The first kappa shape index (κ1) is 23.1. The normalized spacial score (nSPS) is 10.7. The van der Waals surface area contributed by atoms with Crippen molar-refractivity contribution in [3.63, 3.8) is 0 Å². The molecule has 0 saturated carbocycles. The van der Waals surface area contributed by atoms with Gasteiger partial charge in [0.1, 0.15) is 0 Å². The van der Waals surface area contributed by atoms with Crippen molar-refractivity contribution >= 4 is 35.0 Å². The van der Waals surface area contributed by atoms with Crippen molar-refractivity contribution in [2.75, 3.05) is 0 Å². The van der Waals surface area contributed by atoms with Crippen LogP contribution >= 0.6 is 0 Å². The van der Waals surface area contributed by atoms with Gasteiger partial charge in [-0.2, -0.15) is 0 Å². The third-order valence-electron chi connectivity index (χ3n) is 4.01. The van der Waals surface area contributed by atoms with Gasteiger partial charge in [0.05, 0.1) is 11.9 Å². The van der Waals surface area contributed by atoms with Gasteiger partial charge >= 0.3 is 23.1 Å². The monoisotopic (exact) mass is 350 g/mol. The van der Waals surface area contributed by atoms with Gasteiger partial charge in [0.2, 0.25) is 0 Å². The predicted octanol–water partition coefficient (Wildman–Crippen LogP) is 1.05. The van der Waals surface area contributed by atoms with Crippen molar-refractivity contribution in [2.24, 2.45) is 0 Å². The van der Waals surface area contributed by atoms with E-state index in [0.717, 1.165) is 11.1 Å². The molecule has 0 N–H and O–H groups in total. The molecule has 128 valence electrons. The van der Waals surface area contributed by atoms with Gasteiger partial charge in [-0.3, -0.25) is 0 Å². The van der Waals surface area contributed by atoms with E-state index in [0.29, 0.717) is 0 Å². The van der Waals surface area contributed by atoms with E-state index in [1.807, 2.05) is 36.4 Å². The molecule has 5 heteroatoms. The Kier molecular flexibility index (Phi) is 8.87. The Morgan fingerprint density at radius 2 is 0.880 bits per heavy atom. The summed E-state index contributed by atoms with van der Waals surface area (Å²) in [4.78, 5) is 21.4. The van der Waals surface area contributed by atoms with Crippen LogP contribution in [0.25, 0.3) is 0 Å². The second-order valence-electron chi connectivity index (χ2n) is 6.56. The Balaban J connectivity index is 0.000000443. The summed E-state index contributed by atoms with van der Waals surface area (Å²) in [5.41, 5.74) is -0.266. The Bertz CT molecular complexity index is 618. The Hall–Kier alpha value is -1.85. The summed E-state index contributed by atoms with van der Waals surface area (Å²) in [6.45, 7) is 6.55. The van der Waals surface area contributed by atoms with Gasteiger partial charge in [-0.05, 0) is 11.1 Å². The standard InChI is InChI=1S/2C10H12O2.Mg/c2*1-10(2,9(11)12)8-6-4-3-5-7-8;/h2*3-7H,1-2H3,(H,11,12);/q;;+2/p-2. The number of carboxylic acid groups (broad SMARTS) is 2. The second kappa shape index (κ2) is 9.58. The molecule has 0 fully saturated rings. The largest absolute Gasteiger partial charge is 2.00 e. The molecule has 0 radical (unpaired) electrons. The van der Waals surface area contributed by atoms with Crippen molar-refractivity contribution < 1.29 is 19.8 Å². The number of hydrogen-bond donors (Lipinski definition) is 0. The van der Waals surface area contributed by atoms with Crippen molar-refractivity contribution in [1.82, 2.24) is 0 Å². The molecule has 0 aliphatic rings. The van der Waals surface area contributed by atoms with E-state index >= 15 is 0 Å².